The monoisotopic (exact) mass is 260 g/mol. The summed E-state index contributed by atoms with van der Waals surface area (Å²) in [7, 11) is -3.13. The molecule has 3 rings (SSSR count). The second kappa shape index (κ2) is 4.50. The quantitative estimate of drug-likeness (QED) is 0.755. The van der Waals surface area contributed by atoms with Gasteiger partial charge >= 0.3 is 0 Å². The summed E-state index contributed by atoms with van der Waals surface area (Å²) in [5, 5.41) is 2.92. The third-order valence-electron chi connectivity index (χ3n) is 4.19. The van der Waals surface area contributed by atoms with Gasteiger partial charge in [0, 0.05) is 13.1 Å². The van der Waals surface area contributed by atoms with Crippen molar-refractivity contribution in [3.05, 3.63) is 0 Å². The Bertz CT molecular complexity index is 378. The van der Waals surface area contributed by atoms with Gasteiger partial charge in [0.05, 0.1) is 24.0 Å². The summed E-state index contributed by atoms with van der Waals surface area (Å²) in [5.74, 6) is 0. The van der Waals surface area contributed by atoms with E-state index in [1.165, 1.54) is 0 Å². The molecule has 0 amide bonds. The summed E-state index contributed by atoms with van der Waals surface area (Å²) in [5.41, 5.74) is 0. The predicted molar refractivity (Wildman–Crippen MR) is 64.3 cm³/mol. The summed E-state index contributed by atoms with van der Waals surface area (Å²) >= 11 is 0. The van der Waals surface area contributed by atoms with Crippen LogP contribution in [-0.4, -0.2) is 56.4 Å². The molecule has 2 heterocycles. The number of morpholine rings is 1. The number of ether oxygens (including phenoxy) is 1. The van der Waals surface area contributed by atoms with Gasteiger partial charge in [-0.25, -0.2) is 8.42 Å². The fourth-order valence-corrected chi connectivity index (χ4v) is 5.35. The molecule has 3 aliphatic rings. The van der Waals surface area contributed by atoms with Crippen molar-refractivity contribution >= 4 is 10.0 Å². The molecular formula is C11H20N2O3S. The molecule has 98 valence electrons. The van der Waals surface area contributed by atoms with E-state index < -0.39 is 10.0 Å². The van der Waals surface area contributed by atoms with E-state index in [9.17, 15) is 8.42 Å². The van der Waals surface area contributed by atoms with Crippen molar-refractivity contribution < 1.29 is 13.2 Å². The summed E-state index contributed by atoms with van der Waals surface area (Å²) in [4.78, 5) is 0. The fourth-order valence-electron chi connectivity index (χ4n) is 3.28. The van der Waals surface area contributed by atoms with E-state index in [-0.39, 0.29) is 17.4 Å². The first kappa shape index (κ1) is 11.9. The van der Waals surface area contributed by atoms with E-state index in [2.05, 4.69) is 5.32 Å². The minimum Gasteiger partial charge on any atom is -0.375 e. The molecule has 1 aliphatic carbocycles. The number of nitrogens with zero attached hydrogens (tertiary/aromatic N) is 1. The van der Waals surface area contributed by atoms with Crippen LogP contribution in [0.3, 0.4) is 0 Å². The molecule has 0 aromatic heterocycles. The first-order valence-electron chi connectivity index (χ1n) is 6.52. The highest BCUT2D eigenvalue weighted by Gasteiger charge is 2.44. The first-order valence-corrected chi connectivity index (χ1v) is 8.03. The molecule has 2 saturated heterocycles. The van der Waals surface area contributed by atoms with Crippen LogP contribution in [0.25, 0.3) is 0 Å². The normalized spacial score (nSPS) is 39.4. The molecule has 0 bridgehead atoms. The third kappa shape index (κ3) is 2.01. The number of sulfonamides is 1. The van der Waals surface area contributed by atoms with E-state index in [1.807, 2.05) is 0 Å². The number of nitrogens with one attached hydrogen (secondary N) is 1. The second-order valence-electron chi connectivity index (χ2n) is 5.18. The summed E-state index contributed by atoms with van der Waals surface area (Å²) < 4.78 is 32.5. The molecule has 6 heteroatoms. The Kier molecular flexibility index (Phi) is 3.15. The zero-order valence-corrected chi connectivity index (χ0v) is 10.8. The largest absolute Gasteiger partial charge is 0.375 e. The predicted octanol–water partition coefficient (Wildman–Crippen LogP) is -0.0686. The molecule has 0 aromatic carbocycles. The van der Waals surface area contributed by atoms with Gasteiger partial charge in [-0.1, -0.05) is 0 Å². The van der Waals surface area contributed by atoms with E-state index in [4.69, 9.17) is 4.74 Å². The van der Waals surface area contributed by atoms with Gasteiger partial charge in [0.2, 0.25) is 10.0 Å². The van der Waals surface area contributed by atoms with Crippen molar-refractivity contribution in [2.75, 3.05) is 26.2 Å². The summed E-state index contributed by atoms with van der Waals surface area (Å²) in [6.45, 7) is 2.53. The van der Waals surface area contributed by atoms with Gasteiger partial charge in [-0.3, -0.25) is 0 Å². The minimum absolute atomic E-state index is 0.106. The van der Waals surface area contributed by atoms with Crippen molar-refractivity contribution in [3.63, 3.8) is 0 Å². The van der Waals surface area contributed by atoms with Crippen LogP contribution >= 0.6 is 0 Å². The maximum Gasteiger partial charge on any atom is 0.218 e. The van der Waals surface area contributed by atoms with Crippen LogP contribution in [0.5, 0.6) is 0 Å². The lowest BCUT2D eigenvalue weighted by molar-refractivity contribution is -0.0244. The van der Waals surface area contributed by atoms with Gasteiger partial charge < -0.3 is 10.1 Å². The molecule has 1 N–H and O–H groups in total. The first-order chi connectivity index (χ1) is 8.19. The molecule has 0 radical (unpaired) electrons. The topological polar surface area (TPSA) is 58.6 Å². The molecule has 3 fully saturated rings. The third-order valence-corrected chi connectivity index (χ3v) is 6.55. The zero-order valence-electron chi connectivity index (χ0n) is 9.97. The molecule has 0 spiro atoms. The van der Waals surface area contributed by atoms with E-state index >= 15 is 0 Å². The van der Waals surface area contributed by atoms with Gasteiger partial charge in [-0.15, -0.1) is 0 Å². The molecule has 5 nitrogen and oxygen atoms in total. The van der Waals surface area contributed by atoms with Crippen molar-refractivity contribution in [2.45, 2.75) is 43.1 Å². The Balaban J connectivity index is 1.81. The standard InChI is InChI=1S/C11H20N2O3S/c14-17(15,9-4-5-12-8-9)13-6-7-16-11-3-1-2-10(11)13/h9-12H,1-8H2. The zero-order chi connectivity index (χ0) is 11.9. The highest BCUT2D eigenvalue weighted by atomic mass is 32.2. The maximum atomic E-state index is 12.6. The van der Waals surface area contributed by atoms with Crippen molar-refractivity contribution in [1.82, 2.24) is 9.62 Å². The average molecular weight is 260 g/mol. The molecular weight excluding hydrogens is 240 g/mol. The maximum absolute atomic E-state index is 12.6. The van der Waals surface area contributed by atoms with Crippen LogP contribution in [0.2, 0.25) is 0 Å². The van der Waals surface area contributed by atoms with Crippen molar-refractivity contribution in [2.24, 2.45) is 0 Å². The van der Waals surface area contributed by atoms with E-state index in [0.29, 0.717) is 19.7 Å². The highest BCUT2D eigenvalue weighted by Crippen LogP contribution is 2.33. The van der Waals surface area contributed by atoms with Crippen LogP contribution in [0.1, 0.15) is 25.7 Å². The SMILES string of the molecule is O=S(=O)(C1CCNC1)N1CCOC2CCCC21. The Hall–Kier alpha value is -0.170. The summed E-state index contributed by atoms with van der Waals surface area (Å²) in [6.07, 6.45) is 3.96. The molecule has 17 heavy (non-hydrogen) atoms. The van der Waals surface area contributed by atoms with Crippen LogP contribution in [-0.2, 0) is 14.8 Å². The number of hydrogen-bond acceptors (Lipinski definition) is 4. The van der Waals surface area contributed by atoms with Crippen molar-refractivity contribution in [3.8, 4) is 0 Å². The smallest absolute Gasteiger partial charge is 0.218 e. The van der Waals surface area contributed by atoms with E-state index in [1.54, 1.807) is 4.31 Å². The summed E-state index contributed by atoms with van der Waals surface area (Å²) in [6, 6.07) is 0.106. The van der Waals surface area contributed by atoms with Gasteiger partial charge in [0.25, 0.3) is 0 Å². The number of fused-ring (bicyclic) bond motifs is 1. The van der Waals surface area contributed by atoms with E-state index in [0.717, 1.165) is 32.2 Å². The van der Waals surface area contributed by atoms with Gasteiger partial charge in [-0.2, -0.15) is 4.31 Å². The van der Waals surface area contributed by atoms with Gasteiger partial charge in [-0.05, 0) is 32.2 Å². The van der Waals surface area contributed by atoms with Crippen molar-refractivity contribution in [1.29, 1.82) is 0 Å². The lowest BCUT2D eigenvalue weighted by Crippen LogP contribution is -2.54. The van der Waals surface area contributed by atoms with Crippen LogP contribution in [0.15, 0.2) is 0 Å². The molecule has 2 aliphatic heterocycles. The lowest BCUT2D eigenvalue weighted by Gasteiger charge is -2.37. The Morgan fingerprint density at radius 3 is 2.88 bits per heavy atom. The average Bonchev–Trinajstić information content (AvgIpc) is 2.99. The minimum atomic E-state index is -3.13. The number of rotatable bonds is 2. The molecule has 0 aromatic rings. The van der Waals surface area contributed by atoms with Gasteiger partial charge in [0.1, 0.15) is 0 Å². The Morgan fingerprint density at radius 2 is 2.12 bits per heavy atom. The lowest BCUT2D eigenvalue weighted by atomic mass is 10.2. The molecule has 3 unspecified atom stereocenters. The Labute approximate surface area is 103 Å². The number of hydrogen-bond donors (Lipinski definition) is 1. The van der Waals surface area contributed by atoms with Crippen LogP contribution in [0, 0.1) is 0 Å². The van der Waals surface area contributed by atoms with Crippen LogP contribution < -0.4 is 5.32 Å². The van der Waals surface area contributed by atoms with Crippen LogP contribution in [0.4, 0.5) is 0 Å². The Morgan fingerprint density at radius 1 is 1.24 bits per heavy atom. The highest BCUT2D eigenvalue weighted by molar-refractivity contribution is 7.89. The molecule has 3 atom stereocenters. The van der Waals surface area contributed by atoms with Gasteiger partial charge in [0.15, 0.2) is 0 Å². The molecule has 1 saturated carbocycles. The fraction of sp³-hybridized carbons (Fsp3) is 1.00. The second-order valence-corrected chi connectivity index (χ2v) is 7.34.